The van der Waals surface area contributed by atoms with E-state index in [0.717, 1.165) is 16.9 Å². The van der Waals surface area contributed by atoms with Crippen molar-refractivity contribution in [3.63, 3.8) is 0 Å². The van der Waals surface area contributed by atoms with E-state index in [1.807, 2.05) is 55.6 Å². The lowest BCUT2D eigenvalue weighted by atomic mass is 10.0. The van der Waals surface area contributed by atoms with Crippen molar-refractivity contribution in [1.82, 2.24) is 19.8 Å². The molecule has 34 heavy (non-hydrogen) atoms. The van der Waals surface area contributed by atoms with Gasteiger partial charge in [0.1, 0.15) is 0 Å². The molecular formula is C27H31N5OS. The van der Waals surface area contributed by atoms with E-state index < -0.39 is 0 Å². The van der Waals surface area contributed by atoms with Gasteiger partial charge in [0.15, 0.2) is 5.11 Å². The fraction of sp³-hybridized carbons (Fsp3) is 0.370. The van der Waals surface area contributed by atoms with Crippen molar-refractivity contribution in [3.05, 3.63) is 83.9 Å². The van der Waals surface area contributed by atoms with Crippen molar-refractivity contribution in [3.8, 4) is 0 Å². The van der Waals surface area contributed by atoms with Crippen LogP contribution in [0.2, 0.25) is 0 Å². The first-order valence-electron chi connectivity index (χ1n) is 12.1. The third-order valence-corrected chi connectivity index (χ3v) is 7.26. The zero-order valence-electron chi connectivity index (χ0n) is 19.5. The van der Waals surface area contributed by atoms with E-state index >= 15 is 0 Å². The summed E-state index contributed by atoms with van der Waals surface area (Å²) in [7, 11) is 0. The van der Waals surface area contributed by atoms with Crippen LogP contribution in [0, 0.1) is 6.92 Å². The second kappa shape index (κ2) is 9.97. The summed E-state index contributed by atoms with van der Waals surface area (Å²) in [5.41, 5.74) is 4.13. The highest BCUT2D eigenvalue weighted by Gasteiger charge is 2.41. The van der Waals surface area contributed by atoms with Crippen LogP contribution in [0.5, 0.6) is 0 Å². The summed E-state index contributed by atoms with van der Waals surface area (Å²) in [6.07, 6.45) is 9.34. The first-order valence-corrected chi connectivity index (χ1v) is 12.5. The SMILES string of the molecule is Cc1cccc(NC(=O)CCN2C(=S)N[C@@H](c3ccccn3)[C@H]2c2cccn2C2CCCC2)c1. The summed E-state index contributed by atoms with van der Waals surface area (Å²) in [4.78, 5) is 19.6. The van der Waals surface area contributed by atoms with Crippen molar-refractivity contribution in [2.75, 3.05) is 11.9 Å². The zero-order valence-corrected chi connectivity index (χ0v) is 20.3. The van der Waals surface area contributed by atoms with E-state index in [0.29, 0.717) is 24.1 Å². The van der Waals surface area contributed by atoms with E-state index in [2.05, 4.69) is 43.4 Å². The molecule has 176 valence electrons. The second-order valence-electron chi connectivity index (χ2n) is 9.27. The molecule has 2 fully saturated rings. The summed E-state index contributed by atoms with van der Waals surface area (Å²) >= 11 is 5.79. The fourth-order valence-corrected chi connectivity index (χ4v) is 5.64. The highest BCUT2D eigenvalue weighted by Crippen LogP contribution is 2.41. The maximum absolute atomic E-state index is 12.8. The lowest BCUT2D eigenvalue weighted by molar-refractivity contribution is -0.116. The van der Waals surface area contributed by atoms with Crippen molar-refractivity contribution < 1.29 is 4.79 Å². The van der Waals surface area contributed by atoms with Gasteiger partial charge in [0.25, 0.3) is 0 Å². The van der Waals surface area contributed by atoms with Crippen LogP contribution in [0.4, 0.5) is 5.69 Å². The molecule has 3 heterocycles. The van der Waals surface area contributed by atoms with Gasteiger partial charge in [-0.25, -0.2) is 0 Å². The Morgan fingerprint density at radius 3 is 2.76 bits per heavy atom. The first-order chi connectivity index (χ1) is 16.6. The van der Waals surface area contributed by atoms with Crippen molar-refractivity contribution in [1.29, 1.82) is 0 Å². The number of aromatic nitrogens is 2. The summed E-state index contributed by atoms with van der Waals surface area (Å²) < 4.78 is 2.43. The van der Waals surface area contributed by atoms with Gasteiger partial charge in [-0.05, 0) is 73.9 Å². The van der Waals surface area contributed by atoms with Gasteiger partial charge in [0, 0.05) is 42.8 Å². The molecule has 0 radical (unpaired) electrons. The molecule has 2 aliphatic rings. The van der Waals surface area contributed by atoms with Crippen molar-refractivity contribution in [2.24, 2.45) is 0 Å². The Hall–Kier alpha value is -3.19. The molecule has 7 heteroatoms. The van der Waals surface area contributed by atoms with Gasteiger partial charge in [-0.15, -0.1) is 0 Å². The van der Waals surface area contributed by atoms with Crippen molar-refractivity contribution in [2.45, 2.75) is 57.2 Å². The number of nitrogens with one attached hydrogen (secondary N) is 2. The van der Waals surface area contributed by atoms with Crippen LogP contribution in [0.3, 0.4) is 0 Å². The molecule has 1 aliphatic heterocycles. The predicted molar refractivity (Wildman–Crippen MR) is 139 cm³/mol. The van der Waals surface area contributed by atoms with E-state index in [-0.39, 0.29) is 18.0 Å². The number of carbonyl (C=O) groups excluding carboxylic acids is 1. The maximum Gasteiger partial charge on any atom is 0.226 e. The molecule has 6 nitrogen and oxygen atoms in total. The van der Waals surface area contributed by atoms with Gasteiger partial charge in [-0.2, -0.15) is 0 Å². The first kappa shape index (κ1) is 22.6. The molecule has 0 bridgehead atoms. The van der Waals surface area contributed by atoms with Gasteiger partial charge >= 0.3 is 0 Å². The number of rotatable bonds is 7. The summed E-state index contributed by atoms with van der Waals surface area (Å²) in [5.74, 6) is -0.0142. The predicted octanol–water partition coefficient (Wildman–Crippen LogP) is 5.31. The van der Waals surface area contributed by atoms with Crippen LogP contribution in [-0.2, 0) is 4.79 Å². The molecule has 1 saturated heterocycles. The van der Waals surface area contributed by atoms with Crippen LogP contribution in [0.15, 0.2) is 67.0 Å². The monoisotopic (exact) mass is 473 g/mol. The number of amides is 1. The highest BCUT2D eigenvalue weighted by atomic mass is 32.1. The van der Waals surface area contributed by atoms with E-state index in [4.69, 9.17) is 12.2 Å². The van der Waals surface area contributed by atoms with E-state index in [1.54, 1.807) is 0 Å². The molecule has 2 N–H and O–H groups in total. The van der Waals surface area contributed by atoms with Gasteiger partial charge in [-0.1, -0.05) is 31.0 Å². The molecule has 1 saturated carbocycles. The summed E-state index contributed by atoms with van der Waals surface area (Å²) in [6, 6.07) is 18.6. The number of aryl methyl sites for hydroxylation is 1. The van der Waals surface area contributed by atoms with Crippen LogP contribution in [0.1, 0.15) is 67.2 Å². The number of thiocarbonyl (C=S) groups is 1. The number of benzene rings is 1. The Morgan fingerprint density at radius 2 is 2.00 bits per heavy atom. The fourth-order valence-electron chi connectivity index (χ4n) is 5.31. The standard InChI is InChI=1S/C27H31N5OS/c1-19-8-6-9-20(18-19)29-24(33)14-17-32-26(23-13-7-16-31(23)21-10-2-3-11-21)25(30-27(32)34)22-12-4-5-15-28-22/h4-9,12-13,15-16,18,21,25-26H,2-3,10-11,14,17H2,1H3,(H,29,33)(H,30,34)/t25-,26+/m0/s1. The minimum atomic E-state index is -0.0661. The van der Waals surface area contributed by atoms with Crippen LogP contribution >= 0.6 is 12.2 Å². The molecule has 0 spiro atoms. The van der Waals surface area contributed by atoms with Crippen molar-refractivity contribution >= 4 is 28.9 Å². The van der Waals surface area contributed by atoms with Gasteiger partial charge < -0.3 is 20.1 Å². The minimum Gasteiger partial charge on any atom is -0.352 e. The Kier molecular flexibility index (Phi) is 6.63. The van der Waals surface area contributed by atoms with Crippen LogP contribution in [-0.4, -0.2) is 32.0 Å². The normalized spacial score (nSPS) is 20.5. The van der Waals surface area contributed by atoms with E-state index in [1.165, 1.54) is 31.4 Å². The molecule has 5 rings (SSSR count). The lowest BCUT2D eigenvalue weighted by Crippen LogP contribution is -2.33. The summed E-state index contributed by atoms with van der Waals surface area (Å²) in [5, 5.41) is 7.20. The number of hydrogen-bond donors (Lipinski definition) is 2. The van der Waals surface area contributed by atoms with Crippen LogP contribution < -0.4 is 10.6 Å². The quantitative estimate of drug-likeness (QED) is 0.456. The zero-order chi connectivity index (χ0) is 23.5. The molecule has 3 aromatic rings. The number of hydrogen-bond acceptors (Lipinski definition) is 3. The van der Waals surface area contributed by atoms with Gasteiger partial charge in [0.05, 0.1) is 17.8 Å². The molecule has 0 unspecified atom stereocenters. The number of anilines is 1. The highest BCUT2D eigenvalue weighted by molar-refractivity contribution is 7.80. The smallest absolute Gasteiger partial charge is 0.226 e. The largest absolute Gasteiger partial charge is 0.352 e. The average molecular weight is 474 g/mol. The molecule has 2 atom stereocenters. The molecule has 2 aromatic heterocycles. The number of carbonyl (C=O) groups is 1. The second-order valence-corrected chi connectivity index (χ2v) is 9.65. The topological polar surface area (TPSA) is 62.2 Å². The summed E-state index contributed by atoms with van der Waals surface area (Å²) in [6.45, 7) is 2.55. The third-order valence-electron chi connectivity index (χ3n) is 6.91. The molecule has 1 aromatic carbocycles. The molecule has 1 amide bonds. The van der Waals surface area contributed by atoms with Crippen LogP contribution in [0.25, 0.3) is 0 Å². The lowest BCUT2D eigenvalue weighted by Gasteiger charge is -2.30. The minimum absolute atomic E-state index is 0.0142. The Balaban J connectivity index is 1.39. The van der Waals surface area contributed by atoms with Gasteiger partial charge in [-0.3, -0.25) is 9.78 Å². The van der Waals surface area contributed by atoms with Gasteiger partial charge in [0.2, 0.25) is 5.91 Å². The van der Waals surface area contributed by atoms with E-state index in [9.17, 15) is 4.79 Å². The average Bonchev–Trinajstić information content (AvgIpc) is 3.58. The number of nitrogens with zero attached hydrogens (tertiary/aromatic N) is 3. The Labute approximate surface area is 206 Å². The molecular weight excluding hydrogens is 442 g/mol. The Bertz CT molecular complexity index is 1150. The maximum atomic E-state index is 12.8. The third kappa shape index (κ3) is 4.71. The molecule has 1 aliphatic carbocycles. The number of pyridine rings is 1. The Morgan fingerprint density at radius 1 is 1.15 bits per heavy atom.